The minimum Gasteiger partial charge on any atom is -0.465 e. The third kappa shape index (κ3) is 2.10. The van der Waals surface area contributed by atoms with Gasteiger partial charge in [-0.25, -0.2) is 9.59 Å². The average Bonchev–Trinajstić information content (AvgIpc) is 2.38. The maximum Gasteiger partial charge on any atom is 0.339 e. The topological polar surface area (TPSA) is 52.6 Å². The van der Waals surface area contributed by atoms with Crippen LogP contribution in [-0.4, -0.2) is 26.2 Å². The summed E-state index contributed by atoms with van der Waals surface area (Å²) in [6.07, 6.45) is 0. The fourth-order valence-corrected chi connectivity index (χ4v) is 2.03. The van der Waals surface area contributed by atoms with Crippen LogP contribution in [0.15, 0.2) is 0 Å². The van der Waals surface area contributed by atoms with Gasteiger partial charge in [-0.1, -0.05) is 0 Å². The van der Waals surface area contributed by atoms with Gasteiger partial charge in [0.05, 0.1) is 25.3 Å². The van der Waals surface area contributed by atoms with Gasteiger partial charge in [0.1, 0.15) is 0 Å². The predicted molar refractivity (Wildman–Crippen MR) is 68.1 cm³/mol. The molecule has 0 aliphatic rings. The second-order valence-electron chi connectivity index (χ2n) is 4.23. The van der Waals surface area contributed by atoms with Gasteiger partial charge in [0.2, 0.25) is 0 Å². The summed E-state index contributed by atoms with van der Waals surface area (Å²) in [5, 5.41) is 0. The third-order valence-corrected chi connectivity index (χ3v) is 3.47. The van der Waals surface area contributed by atoms with Crippen molar-refractivity contribution in [1.82, 2.24) is 0 Å². The molecule has 0 unspecified atom stereocenters. The van der Waals surface area contributed by atoms with E-state index in [1.165, 1.54) is 14.2 Å². The molecule has 0 radical (unpaired) electrons. The van der Waals surface area contributed by atoms with Crippen molar-refractivity contribution in [3.05, 3.63) is 33.4 Å². The van der Waals surface area contributed by atoms with Crippen molar-refractivity contribution in [3.8, 4) is 0 Å². The van der Waals surface area contributed by atoms with Gasteiger partial charge >= 0.3 is 11.9 Å². The lowest BCUT2D eigenvalue weighted by Gasteiger charge is -2.17. The second-order valence-corrected chi connectivity index (χ2v) is 4.23. The van der Waals surface area contributed by atoms with Crippen LogP contribution in [0.1, 0.15) is 43.0 Å². The summed E-state index contributed by atoms with van der Waals surface area (Å²) >= 11 is 0. The normalized spacial score (nSPS) is 10.1. The SMILES string of the molecule is COC(=O)c1c(C)c(C)c(C)c(C)c1C(=O)OC. The number of methoxy groups -OCH3 is 2. The molecule has 4 heteroatoms. The highest BCUT2D eigenvalue weighted by Gasteiger charge is 2.26. The van der Waals surface area contributed by atoms with Crippen molar-refractivity contribution in [2.45, 2.75) is 27.7 Å². The van der Waals surface area contributed by atoms with Crippen LogP contribution in [0.4, 0.5) is 0 Å². The lowest BCUT2D eigenvalue weighted by Crippen LogP contribution is -2.17. The van der Waals surface area contributed by atoms with Crippen LogP contribution in [0.2, 0.25) is 0 Å². The van der Waals surface area contributed by atoms with Crippen molar-refractivity contribution < 1.29 is 19.1 Å². The summed E-state index contributed by atoms with van der Waals surface area (Å²) in [4.78, 5) is 23.7. The highest BCUT2D eigenvalue weighted by Crippen LogP contribution is 2.27. The third-order valence-electron chi connectivity index (χ3n) is 3.47. The van der Waals surface area contributed by atoms with Crippen molar-refractivity contribution in [2.75, 3.05) is 14.2 Å². The monoisotopic (exact) mass is 250 g/mol. The van der Waals surface area contributed by atoms with Crippen LogP contribution in [0.5, 0.6) is 0 Å². The summed E-state index contributed by atoms with van der Waals surface area (Å²) in [7, 11) is 2.60. The van der Waals surface area contributed by atoms with Gasteiger partial charge in [-0.2, -0.15) is 0 Å². The molecule has 0 saturated heterocycles. The number of esters is 2. The van der Waals surface area contributed by atoms with Crippen LogP contribution in [0.3, 0.4) is 0 Å². The zero-order chi connectivity index (χ0) is 14.0. The van der Waals surface area contributed by atoms with Gasteiger partial charge < -0.3 is 9.47 Å². The van der Waals surface area contributed by atoms with Crippen LogP contribution in [0.25, 0.3) is 0 Å². The Morgan fingerprint density at radius 3 is 1.17 bits per heavy atom. The van der Waals surface area contributed by atoms with Gasteiger partial charge in [-0.05, 0) is 49.9 Å². The molecule has 0 amide bonds. The van der Waals surface area contributed by atoms with E-state index in [1.54, 1.807) is 13.8 Å². The molecule has 1 aromatic carbocycles. The van der Waals surface area contributed by atoms with Crippen molar-refractivity contribution in [1.29, 1.82) is 0 Å². The fraction of sp³-hybridized carbons (Fsp3) is 0.429. The first-order chi connectivity index (χ1) is 8.36. The summed E-state index contributed by atoms with van der Waals surface area (Å²) in [5.41, 5.74) is 4.08. The molecule has 18 heavy (non-hydrogen) atoms. The molecule has 0 aliphatic carbocycles. The van der Waals surface area contributed by atoms with Crippen molar-refractivity contribution in [2.24, 2.45) is 0 Å². The standard InChI is InChI=1S/C14H18O4/c1-7-8(2)10(4)12(14(16)18-6)11(9(7)3)13(15)17-5/h1-6H3. The summed E-state index contributed by atoms with van der Waals surface area (Å²) in [5.74, 6) is -1.03. The Balaban J connectivity index is 3.75. The molecule has 4 nitrogen and oxygen atoms in total. The molecule has 98 valence electrons. The number of hydrogen-bond acceptors (Lipinski definition) is 4. The van der Waals surface area contributed by atoms with Gasteiger partial charge in [-0.15, -0.1) is 0 Å². The van der Waals surface area contributed by atoms with Crippen molar-refractivity contribution in [3.63, 3.8) is 0 Å². The number of benzene rings is 1. The lowest BCUT2D eigenvalue weighted by atomic mass is 9.89. The maximum absolute atomic E-state index is 11.9. The van der Waals surface area contributed by atoms with E-state index in [9.17, 15) is 9.59 Å². The molecule has 1 aromatic rings. The zero-order valence-electron chi connectivity index (χ0n) is 11.6. The summed E-state index contributed by atoms with van der Waals surface area (Å²) in [6.45, 7) is 7.46. The van der Waals surface area contributed by atoms with Crippen LogP contribution < -0.4 is 0 Å². The Hall–Kier alpha value is -1.84. The van der Waals surface area contributed by atoms with Gasteiger partial charge in [0.25, 0.3) is 0 Å². The van der Waals surface area contributed by atoms with Crippen LogP contribution >= 0.6 is 0 Å². The van der Waals surface area contributed by atoms with E-state index in [2.05, 4.69) is 0 Å². The minimum absolute atomic E-state index is 0.296. The fourth-order valence-electron chi connectivity index (χ4n) is 2.03. The molecule has 0 heterocycles. The smallest absolute Gasteiger partial charge is 0.339 e. The largest absolute Gasteiger partial charge is 0.465 e. The molecular formula is C14H18O4. The maximum atomic E-state index is 11.9. The number of carbonyl (C=O) groups excluding carboxylic acids is 2. The Bertz CT molecular complexity index is 468. The highest BCUT2D eigenvalue weighted by molar-refractivity contribution is 6.05. The van der Waals surface area contributed by atoms with Gasteiger partial charge in [0, 0.05) is 0 Å². The van der Waals surface area contributed by atoms with E-state index in [4.69, 9.17) is 9.47 Å². The van der Waals surface area contributed by atoms with Gasteiger partial charge in [0.15, 0.2) is 0 Å². The van der Waals surface area contributed by atoms with E-state index in [0.717, 1.165) is 22.3 Å². The molecule has 1 rings (SSSR count). The highest BCUT2D eigenvalue weighted by atomic mass is 16.5. The van der Waals surface area contributed by atoms with Crippen LogP contribution in [-0.2, 0) is 9.47 Å². The molecular weight excluding hydrogens is 232 g/mol. The molecule has 0 spiro atoms. The van der Waals surface area contributed by atoms with E-state index < -0.39 is 11.9 Å². The zero-order valence-corrected chi connectivity index (χ0v) is 11.6. The van der Waals surface area contributed by atoms with E-state index in [0.29, 0.717) is 11.1 Å². The quantitative estimate of drug-likeness (QED) is 0.757. The summed E-state index contributed by atoms with van der Waals surface area (Å²) < 4.78 is 9.51. The predicted octanol–water partition coefficient (Wildman–Crippen LogP) is 2.49. The molecule has 0 atom stereocenters. The first-order valence-electron chi connectivity index (χ1n) is 5.63. The Morgan fingerprint density at radius 2 is 0.944 bits per heavy atom. The summed E-state index contributed by atoms with van der Waals surface area (Å²) in [6, 6.07) is 0. The number of carbonyl (C=O) groups is 2. The Kier molecular flexibility index (Phi) is 4.11. The molecule has 0 N–H and O–H groups in total. The average molecular weight is 250 g/mol. The van der Waals surface area contributed by atoms with Gasteiger partial charge in [-0.3, -0.25) is 0 Å². The second kappa shape index (κ2) is 5.21. The first-order valence-corrected chi connectivity index (χ1v) is 5.63. The Morgan fingerprint density at radius 1 is 0.667 bits per heavy atom. The molecule has 0 aliphatic heterocycles. The number of ether oxygens (including phenoxy) is 2. The number of hydrogen-bond donors (Lipinski definition) is 0. The van der Waals surface area contributed by atoms with E-state index in [-0.39, 0.29) is 0 Å². The molecule has 0 saturated carbocycles. The lowest BCUT2D eigenvalue weighted by molar-refractivity contribution is 0.0553. The molecule has 0 fully saturated rings. The minimum atomic E-state index is -0.515. The Labute approximate surface area is 107 Å². The van der Waals surface area contributed by atoms with Crippen LogP contribution in [0, 0.1) is 27.7 Å². The first kappa shape index (κ1) is 14.2. The molecule has 0 bridgehead atoms. The van der Waals surface area contributed by atoms with E-state index in [1.807, 2.05) is 13.8 Å². The number of rotatable bonds is 2. The van der Waals surface area contributed by atoms with Crippen molar-refractivity contribution >= 4 is 11.9 Å². The molecule has 0 aromatic heterocycles. The van der Waals surface area contributed by atoms with E-state index >= 15 is 0 Å².